The smallest absolute Gasteiger partial charge is 0.243 e. The van der Waals surface area contributed by atoms with Crippen LogP contribution in [0, 0.1) is 0 Å². The molecule has 7 heteroatoms. The summed E-state index contributed by atoms with van der Waals surface area (Å²) in [6, 6.07) is 5.02. The fraction of sp³-hybridized carbons (Fsp3) is 0.562. The number of nitrogens with zero attached hydrogens (tertiary/aromatic N) is 2. The highest BCUT2D eigenvalue weighted by atomic mass is 32.2. The van der Waals surface area contributed by atoms with Crippen LogP contribution in [0.2, 0.25) is 0 Å². The summed E-state index contributed by atoms with van der Waals surface area (Å²) < 4.78 is 27.4. The Bertz CT molecular complexity index is 717. The van der Waals surface area contributed by atoms with Crippen molar-refractivity contribution in [1.29, 1.82) is 0 Å². The zero-order valence-corrected chi connectivity index (χ0v) is 14.2. The molecule has 1 unspecified atom stereocenters. The Morgan fingerprint density at radius 1 is 1.30 bits per heavy atom. The summed E-state index contributed by atoms with van der Waals surface area (Å²) in [5.41, 5.74) is 7.47. The van der Waals surface area contributed by atoms with Gasteiger partial charge in [-0.05, 0) is 43.4 Å². The summed E-state index contributed by atoms with van der Waals surface area (Å²) >= 11 is 0. The highest BCUT2D eigenvalue weighted by Gasteiger charge is 2.35. The molecule has 126 valence electrons. The van der Waals surface area contributed by atoms with Crippen LogP contribution in [0.4, 0.5) is 5.69 Å². The first-order chi connectivity index (χ1) is 10.9. The predicted octanol–water partition coefficient (Wildman–Crippen LogP) is 1.10. The van der Waals surface area contributed by atoms with Crippen LogP contribution in [0.25, 0.3) is 0 Å². The lowest BCUT2D eigenvalue weighted by Gasteiger charge is -2.30. The van der Waals surface area contributed by atoms with Gasteiger partial charge in [-0.25, -0.2) is 8.42 Å². The van der Waals surface area contributed by atoms with Crippen LogP contribution >= 0.6 is 0 Å². The SMILES string of the molecule is CC(=O)N1CCCc2ccc(S(=O)(=O)N3CCCC3CN)cc21. The second-order valence-electron chi connectivity index (χ2n) is 6.21. The van der Waals surface area contributed by atoms with Crippen LogP contribution < -0.4 is 10.6 Å². The number of aryl methyl sites for hydroxylation is 1. The number of carbonyl (C=O) groups is 1. The van der Waals surface area contributed by atoms with E-state index in [1.807, 2.05) is 6.07 Å². The van der Waals surface area contributed by atoms with Crippen molar-refractivity contribution in [2.75, 3.05) is 24.5 Å². The number of hydrogen-bond acceptors (Lipinski definition) is 4. The minimum Gasteiger partial charge on any atom is -0.329 e. The second-order valence-corrected chi connectivity index (χ2v) is 8.10. The van der Waals surface area contributed by atoms with Crippen LogP contribution in [0.1, 0.15) is 31.7 Å². The minimum absolute atomic E-state index is 0.0542. The molecule has 0 aromatic heterocycles. The van der Waals surface area contributed by atoms with E-state index in [0.717, 1.165) is 36.9 Å². The lowest BCUT2D eigenvalue weighted by molar-refractivity contribution is -0.116. The van der Waals surface area contributed by atoms with E-state index in [-0.39, 0.29) is 16.8 Å². The van der Waals surface area contributed by atoms with Gasteiger partial charge in [0.05, 0.1) is 4.90 Å². The molecular formula is C16H23N3O3S. The highest BCUT2D eigenvalue weighted by molar-refractivity contribution is 7.89. The summed E-state index contributed by atoms with van der Waals surface area (Å²) in [6.45, 7) is 3.00. The average molecular weight is 337 g/mol. The lowest BCUT2D eigenvalue weighted by Crippen LogP contribution is -2.40. The molecule has 6 nitrogen and oxygen atoms in total. The lowest BCUT2D eigenvalue weighted by atomic mass is 10.0. The Hall–Kier alpha value is -1.44. The molecule has 2 aliphatic rings. The van der Waals surface area contributed by atoms with Crippen LogP contribution in [0.5, 0.6) is 0 Å². The molecule has 2 aliphatic heterocycles. The van der Waals surface area contributed by atoms with Gasteiger partial charge in [0.25, 0.3) is 0 Å². The number of fused-ring (bicyclic) bond motifs is 1. The van der Waals surface area contributed by atoms with Gasteiger partial charge in [-0.1, -0.05) is 6.07 Å². The Morgan fingerprint density at radius 3 is 2.78 bits per heavy atom. The number of benzene rings is 1. The molecule has 1 fully saturated rings. The topological polar surface area (TPSA) is 83.7 Å². The maximum Gasteiger partial charge on any atom is 0.243 e. The summed E-state index contributed by atoms with van der Waals surface area (Å²) in [4.78, 5) is 13.7. The van der Waals surface area contributed by atoms with E-state index in [9.17, 15) is 13.2 Å². The molecule has 1 saturated heterocycles. The first kappa shape index (κ1) is 16.4. The number of nitrogens with two attached hydrogens (primary N) is 1. The Labute approximate surface area is 137 Å². The van der Waals surface area contributed by atoms with E-state index >= 15 is 0 Å². The van der Waals surface area contributed by atoms with Crippen molar-refractivity contribution in [2.45, 2.75) is 43.5 Å². The maximum atomic E-state index is 12.9. The molecule has 1 aromatic carbocycles. The van der Waals surface area contributed by atoms with Crippen molar-refractivity contribution in [1.82, 2.24) is 4.31 Å². The molecule has 23 heavy (non-hydrogen) atoms. The summed E-state index contributed by atoms with van der Waals surface area (Å²) in [6.07, 6.45) is 3.42. The standard InChI is InChI=1S/C16H23N3O3S/c1-12(20)18-8-2-4-13-6-7-15(10-16(13)18)23(21,22)19-9-3-5-14(19)11-17/h6-7,10,14H,2-5,8-9,11,17H2,1H3. The summed E-state index contributed by atoms with van der Waals surface area (Å²) in [5.74, 6) is -0.0542. The number of hydrogen-bond donors (Lipinski definition) is 1. The van der Waals surface area contributed by atoms with Crippen molar-refractivity contribution in [3.05, 3.63) is 23.8 Å². The van der Waals surface area contributed by atoms with Crippen LogP contribution in [-0.2, 0) is 21.2 Å². The van der Waals surface area contributed by atoms with Crippen LogP contribution in [0.3, 0.4) is 0 Å². The Kier molecular flexibility index (Phi) is 4.44. The molecule has 1 atom stereocenters. The Balaban J connectivity index is 2.01. The molecule has 1 amide bonds. The van der Waals surface area contributed by atoms with Crippen molar-refractivity contribution in [3.63, 3.8) is 0 Å². The molecule has 0 saturated carbocycles. The van der Waals surface area contributed by atoms with E-state index in [1.165, 1.54) is 11.2 Å². The fourth-order valence-electron chi connectivity index (χ4n) is 3.54. The molecule has 0 radical (unpaired) electrons. The van der Waals surface area contributed by atoms with E-state index < -0.39 is 10.0 Å². The summed E-state index contributed by atoms with van der Waals surface area (Å²) in [7, 11) is -3.57. The number of anilines is 1. The van der Waals surface area contributed by atoms with E-state index in [4.69, 9.17) is 5.73 Å². The molecule has 0 spiro atoms. The molecule has 0 aliphatic carbocycles. The molecule has 3 rings (SSSR count). The molecule has 2 N–H and O–H groups in total. The summed E-state index contributed by atoms with van der Waals surface area (Å²) in [5, 5.41) is 0. The van der Waals surface area contributed by atoms with Gasteiger partial charge in [-0.2, -0.15) is 4.31 Å². The maximum absolute atomic E-state index is 12.9. The van der Waals surface area contributed by atoms with Crippen LogP contribution in [0.15, 0.2) is 23.1 Å². The van der Waals surface area contributed by atoms with E-state index in [2.05, 4.69) is 0 Å². The first-order valence-electron chi connectivity index (χ1n) is 8.08. The third-order valence-corrected chi connectivity index (χ3v) is 6.71. The van der Waals surface area contributed by atoms with E-state index in [0.29, 0.717) is 19.6 Å². The molecule has 1 aromatic rings. The van der Waals surface area contributed by atoms with Crippen molar-refractivity contribution in [3.8, 4) is 0 Å². The number of rotatable bonds is 3. The van der Waals surface area contributed by atoms with Gasteiger partial charge in [-0.3, -0.25) is 4.79 Å². The van der Waals surface area contributed by atoms with Gasteiger partial charge in [0, 0.05) is 38.3 Å². The van der Waals surface area contributed by atoms with Crippen molar-refractivity contribution >= 4 is 21.6 Å². The monoisotopic (exact) mass is 337 g/mol. The first-order valence-corrected chi connectivity index (χ1v) is 9.52. The number of carbonyl (C=O) groups excluding carboxylic acids is 1. The highest BCUT2D eigenvalue weighted by Crippen LogP contribution is 2.32. The Morgan fingerprint density at radius 2 is 2.09 bits per heavy atom. The van der Waals surface area contributed by atoms with Gasteiger partial charge in [-0.15, -0.1) is 0 Å². The van der Waals surface area contributed by atoms with Crippen molar-refractivity contribution in [2.24, 2.45) is 5.73 Å². The normalized spacial score (nSPS) is 22.2. The largest absolute Gasteiger partial charge is 0.329 e. The quantitative estimate of drug-likeness (QED) is 0.895. The van der Waals surface area contributed by atoms with Gasteiger partial charge in [0.15, 0.2) is 0 Å². The number of amides is 1. The van der Waals surface area contributed by atoms with Crippen molar-refractivity contribution < 1.29 is 13.2 Å². The fourth-order valence-corrected chi connectivity index (χ4v) is 5.26. The van der Waals surface area contributed by atoms with E-state index in [1.54, 1.807) is 17.0 Å². The van der Waals surface area contributed by atoms with Gasteiger partial charge in [0.1, 0.15) is 0 Å². The minimum atomic E-state index is -3.57. The predicted molar refractivity (Wildman–Crippen MR) is 88.8 cm³/mol. The van der Waals surface area contributed by atoms with Gasteiger partial charge < -0.3 is 10.6 Å². The molecule has 0 bridgehead atoms. The van der Waals surface area contributed by atoms with Gasteiger partial charge in [0.2, 0.25) is 15.9 Å². The number of sulfonamides is 1. The zero-order chi connectivity index (χ0) is 16.6. The second kappa shape index (κ2) is 6.22. The zero-order valence-electron chi connectivity index (χ0n) is 13.4. The molecule has 2 heterocycles. The molecular weight excluding hydrogens is 314 g/mol. The van der Waals surface area contributed by atoms with Gasteiger partial charge >= 0.3 is 0 Å². The van der Waals surface area contributed by atoms with Crippen LogP contribution in [-0.4, -0.2) is 44.3 Å². The third kappa shape index (κ3) is 2.88. The average Bonchev–Trinajstić information content (AvgIpc) is 3.03. The third-order valence-electron chi connectivity index (χ3n) is 4.76.